The zero-order valence-electron chi connectivity index (χ0n) is 10.8. The van der Waals surface area contributed by atoms with E-state index in [1.54, 1.807) is 0 Å². The molecule has 3 nitrogen and oxygen atoms in total. The molecule has 1 N–H and O–H groups in total. The maximum atomic E-state index is 5.79. The average molecular weight is 234 g/mol. The summed E-state index contributed by atoms with van der Waals surface area (Å²) >= 11 is 0. The molecule has 0 radical (unpaired) electrons. The second-order valence-corrected chi connectivity index (χ2v) is 4.68. The molecule has 0 aliphatic carbocycles. The molecule has 1 aliphatic rings. The molecule has 0 amide bonds. The van der Waals surface area contributed by atoms with Crippen molar-refractivity contribution in [2.24, 2.45) is 0 Å². The van der Waals surface area contributed by atoms with Crippen LogP contribution in [0.15, 0.2) is 28.2 Å². The van der Waals surface area contributed by atoms with Gasteiger partial charge >= 0.3 is 0 Å². The third kappa shape index (κ3) is 3.72. The van der Waals surface area contributed by atoms with Crippen LogP contribution in [0.5, 0.6) is 0 Å². The van der Waals surface area contributed by atoms with E-state index in [2.05, 4.69) is 42.3 Å². The Morgan fingerprint density at radius 3 is 2.88 bits per heavy atom. The monoisotopic (exact) mass is 234 g/mol. The van der Waals surface area contributed by atoms with Gasteiger partial charge in [-0.1, -0.05) is 18.6 Å². The molecule has 0 saturated carbocycles. The molecular formula is C14H22N2O. The van der Waals surface area contributed by atoms with Crippen LogP contribution in [0.4, 0.5) is 0 Å². The first kappa shape index (κ1) is 12.4. The number of nitrogens with zero attached hydrogens (tertiary/aromatic N) is 1. The predicted molar refractivity (Wildman–Crippen MR) is 69.7 cm³/mol. The van der Waals surface area contributed by atoms with E-state index in [0.29, 0.717) is 0 Å². The number of hydrogen-bond donors (Lipinski definition) is 1. The summed E-state index contributed by atoms with van der Waals surface area (Å²) < 4.78 is 5.79. The Labute approximate surface area is 103 Å². The van der Waals surface area contributed by atoms with Crippen LogP contribution in [-0.4, -0.2) is 24.5 Å². The molecule has 0 unspecified atom stereocenters. The first-order valence-corrected chi connectivity index (χ1v) is 6.44. The quantitative estimate of drug-likeness (QED) is 0.794. The lowest BCUT2D eigenvalue weighted by Crippen LogP contribution is -2.27. The summed E-state index contributed by atoms with van der Waals surface area (Å²) in [5.41, 5.74) is 1.51. The fourth-order valence-electron chi connectivity index (χ4n) is 2.03. The second kappa shape index (κ2) is 6.03. The molecule has 94 valence electrons. The van der Waals surface area contributed by atoms with Gasteiger partial charge in [0.2, 0.25) is 0 Å². The summed E-state index contributed by atoms with van der Waals surface area (Å²) in [7, 11) is 0. The zero-order chi connectivity index (χ0) is 12.1. The number of hydrogen-bond acceptors (Lipinski definition) is 3. The molecule has 17 heavy (non-hydrogen) atoms. The van der Waals surface area contributed by atoms with Crippen LogP contribution in [0.3, 0.4) is 0 Å². The minimum Gasteiger partial charge on any atom is -0.463 e. The highest BCUT2D eigenvalue weighted by Crippen LogP contribution is 2.15. The molecule has 0 spiro atoms. The smallest absolute Gasteiger partial charge is 0.118 e. The van der Waals surface area contributed by atoms with Crippen LogP contribution in [-0.2, 0) is 13.1 Å². The number of nitrogens with one attached hydrogen (secondary N) is 1. The van der Waals surface area contributed by atoms with E-state index >= 15 is 0 Å². The molecule has 2 rings (SSSR count). The van der Waals surface area contributed by atoms with Gasteiger partial charge in [0.15, 0.2) is 0 Å². The maximum Gasteiger partial charge on any atom is 0.118 e. The van der Waals surface area contributed by atoms with Crippen molar-refractivity contribution < 1.29 is 4.42 Å². The van der Waals surface area contributed by atoms with E-state index in [1.165, 1.54) is 12.0 Å². The van der Waals surface area contributed by atoms with Gasteiger partial charge in [0, 0.05) is 13.1 Å². The van der Waals surface area contributed by atoms with Crippen LogP contribution >= 0.6 is 0 Å². The van der Waals surface area contributed by atoms with E-state index in [0.717, 1.165) is 44.2 Å². The first-order chi connectivity index (χ1) is 8.28. The number of rotatable bonds is 5. The fraction of sp³-hybridized carbons (Fsp3) is 0.571. The van der Waals surface area contributed by atoms with E-state index in [9.17, 15) is 0 Å². The SMILES string of the molecule is CCNCc1ccc(CN2CC=C(C)CC2)o1. The lowest BCUT2D eigenvalue weighted by molar-refractivity contribution is 0.257. The summed E-state index contributed by atoms with van der Waals surface area (Å²) in [6.45, 7) is 9.24. The molecule has 0 saturated heterocycles. The predicted octanol–water partition coefficient (Wildman–Crippen LogP) is 2.54. The minimum atomic E-state index is 0.829. The van der Waals surface area contributed by atoms with E-state index < -0.39 is 0 Å². The molecule has 0 atom stereocenters. The van der Waals surface area contributed by atoms with Crippen molar-refractivity contribution in [3.05, 3.63) is 35.3 Å². The molecule has 2 heterocycles. The van der Waals surface area contributed by atoms with Crippen LogP contribution < -0.4 is 5.32 Å². The second-order valence-electron chi connectivity index (χ2n) is 4.68. The van der Waals surface area contributed by atoms with Crippen LogP contribution in [0.25, 0.3) is 0 Å². The van der Waals surface area contributed by atoms with E-state index in [-0.39, 0.29) is 0 Å². The Kier molecular flexibility index (Phi) is 4.40. The van der Waals surface area contributed by atoms with Crippen molar-refractivity contribution in [3.63, 3.8) is 0 Å². The molecular weight excluding hydrogens is 212 g/mol. The van der Waals surface area contributed by atoms with Gasteiger partial charge in [-0.3, -0.25) is 4.90 Å². The molecule has 1 aromatic heterocycles. The largest absolute Gasteiger partial charge is 0.463 e. The lowest BCUT2D eigenvalue weighted by Gasteiger charge is -2.23. The summed E-state index contributed by atoms with van der Waals surface area (Å²) in [6, 6.07) is 4.17. The Morgan fingerprint density at radius 2 is 2.18 bits per heavy atom. The Bertz CT molecular complexity index is 381. The highest BCUT2D eigenvalue weighted by Gasteiger charge is 2.11. The molecule has 1 aliphatic heterocycles. The van der Waals surface area contributed by atoms with Gasteiger partial charge in [0.1, 0.15) is 11.5 Å². The molecule has 1 aromatic rings. The maximum absolute atomic E-state index is 5.79. The Balaban J connectivity index is 1.84. The van der Waals surface area contributed by atoms with Gasteiger partial charge in [0.25, 0.3) is 0 Å². The zero-order valence-corrected chi connectivity index (χ0v) is 10.8. The molecule has 0 fully saturated rings. The standard InChI is InChI=1S/C14H22N2O/c1-3-15-10-13-4-5-14(17-13)11-16-8-6-12(2)7-9-16/h4-6,15H,3,7-11H2,1-2H3. The fourth-order valence-corrected chi connectivity index (χ4v) is 2.03. The number of furan rings is 1. The normalized spacial score (nSPS) is 17.2. The van der Waals surface area contributed by atoms with Gasteiger partial charge in [-0.25, -0.2) is 0 Å². The van der Waals surface area contributed by atoms with Gasteiger partial charge < -0.3 is 9.73 Å². The van der Waals surface area contributed by atoms with Crippen molar-refractivity contribution in [2.75, 3.05) is 19.6 Å². The average Bonchev–Trinajstić information content (AvgIpc) is 2.77. The van der Waals surface area contributed by atoms with Gasteiger partial charge in [-0.15, -0.1) is 0 Å². The topological polar surface area (TPSA) is 28.4 Å². The van der Waals surface area contributed by atoms with Crippen molar-refractivity contribution in [2.45, 2.75) is 33.4 Å². The first-order valence-electron chi connectivity index (χ1n) is 6.44. The van der Waals surface area contributed by atoms with Crippen LogP contribution in [0.1, 0.15) is 31.8 Å². The third-order valence-corrected chi connectivity index (χ3v) is 3.17. The van der Waals surface area contributed by atoms with E-state index in [1.807, 2.05) is 0 Å². The Morgan fingerprint density at radius 1 is 1.35 bits per heavy atom. The summed E-state index contributed by atoms with van der Waals surface area (Å²) in [6.07, 6.45) is 3.50. The lowest BCUT2D eigenvalue weighted by atomic mass is 10.1. The van der Waals surface area contributed by atoms with E-state index in [4.69, 9.17) is 4.42 Å². The molecule has 0 bridgehead atoms. The van der Waals surface area contributed by atoms with Crippen LogP contribution in [0, 0.1) is 0 Å². The van der Waals surface area contributed by atoms with Gasteiger partial charge in [-0.05, 0) is 32.0 Å². The summed E-state index contributed by atoms with van der Waals surface area (Å²) in [5.74, 6) is 2.11. The van der Waals surface area contributed by atoms with Crippen LogP contribution in [0.2, 0.25) is 0 Å². The molecule has 0 aromatic carbocycles. The van der Waals surface area contributed by atoms with Crippen molar-refractivity contribution in [1.82, 2.24) is 10.2 Å². The third-order valence-electron chi connectivity index (χ3n) is 3.17. The molecule has 3 heteroatoms. The van der Waals surface area contributed by atoms with Gasteiger partial charge in [-0.2, -0.15) is 0 Å². The Hall–Kier alpha value is -1.06. The minimum absolute atomic E-state index is 0.829. The van der Waals surface area contributed by atoms with Crippen molar-refractivity contribution >= 4 is 0 Å². The van der Waals surface area contributed by atoms with Crippen molar-refractivity contribution in [3.8, 4) is 0 Å². The highest BCUT2D eigenvalue weighted by molar-refractivity contribution is 5.09. The summed E-state index contributed by atoms with van der Waals surface area (Å²) in [5, 5.41) is 3.27. The highest BCUT2D eigenvalue weighted by atomic mass is 16.3. The van der Waals surface area contributed by atoms with Gasteiger partial charge in [0.05, 0.1) is 13.1 Å². The van der Waals surface area contributed by atoms with Crippen molar-refractivity contribution in [1.29, 1.82) is 0 Å². The summed E-state index contributed by atoms with van der Waals surface area (Å²) in [4.78, 5) is 2.42.